The van der Waals surface area contributed by atoms with Gasteiger partial charge in [0.15, 0.2) is 0 Å². The van der Waals surface area contributed by atoms with Gasteiger partial charge in [0.05, 0.1) is 0 Å². The van der Waals surface area contributed by atoms with Crippen LogP contribution in [0.25, 0.3) is 0 Å². The van der Waals surface area contributed by atoms with Crippen LogP contribution in [0, 0.1) is 0 Å². The molecule has 1 aliphatic rings. The molecule has 1 rings (SSSR count). The predicted molar refractivity (Wildman–Crippen MR) is 38.1 cm³/mol. The number of hydrogen-bond acceptors (Lipinski definition) is 4. The van der Waals surface area contributed by atoms with Crippen LogP contribution in [-0.2, 0) is 9.59 Å². The van der Waals surface area contributed by atoms with Crippen molar-refractivity contribution in [2.75, 3.05) is 6.54 Å². The van der Waals surface area contributed by atoms with Crippen molar-refractivity contribution in [2.45, 2.75) is 18.4 Å². The van der Waals surface area contributed by atoms with Crippen LogP contribution >= 0.6 is 0 Å². The number of carboxylic acids is 2. The summed E-state index contributed by atoms with van der Waals surface area (Å²) in [5.41, 5.74) is -1.90. The Morgan fingerprint density at radius 2 is 1.83 bits per heavy atom. The minimum Gasteiger partial charge on any atom is -0.479 e. The zero-order valence-corrected chi connectivity index (χ0v) is 6.36. The normalized spacial score (nSPS) is 22.4. The van der Waals surface area contributed by atoms with Crippen molar-refractivity contribution < 1.29 is 19.8 Å². The van der Waals surface area contributed by atoms with Gasteiger partial charge in [0.1, 0.15) is 0 Å². The number of nitrogens with zero attached hydrogens (tertiary/aromatic N) is 1. The molecule has 0 amide bonds. The Morgan fingerprint density at radius 1 is 1.33 bits per heavy atom. The van der Waals surface area contributed by atoms with Crippen LogP contribution in [0.1, 0.15) is 12.8 Å². The highest BCUT2D eigenvalue weighted by Crippen LogP contribution is 2.26. The fourth-order valence-electron chi connectivity index (χ4n) is 1.39. The molecule has 6 heteroatoms. The molecule has 0 aromatic heterocycles. The molecule has 1 heterocycles. The van der Waals surface area contributed by atoms with Gasteiger partial charge in [0, 0.05) is 6.54 Å². The molecular formula is C6H10N2O4. The zero-order chi connectivity index (χ0) is 9.35. The van der Waals surface area contributed by atoms with E-state index in [0.717, 1.165) is 5.01 Å². The molecule has 0 bridgehead atoms. The Bertz CT molecular complexity index is 214. The van der Waals surface area contributed by atoms with Gasteiger partial charge in [-0.05, 0) is 12.8 Å². The zero-order valence-electron chi connectivity index (χ0n) is 6.36. The second-order valence-electron chi connectivity index (χ2n) is 2.77. The summed E-state index contributed by atoms with van der Waals surface area (Å²) in [7, 11) is 0. The second kappa shape index (κ2) is 2.72. The lowest BCUT2D eigenvalue weighted by atomic mass is 9.98. The molecule has 0 atom stereocenters. The standard InChI is InChI=1S/C6H10N2O4/c7-8-3-1-2-6(8,4(9)10)5(11)12/h1-3,7H2,(H,9,10)(H,11,12). The van der Waals surface area contributed by atoms with E-state index in [-0.39, 0.29) is 6.42 Å². The molecule has 0 saturated carbocycles. The van der Waals surface area contributed by atoms with Gasteiger partial charge in [-0.25, -0.2) is 14.6 Å². The molecule has 4 N–H and O–H groups in total. The number of carboxylic acid groups (broad SMARTS) is 2. The number of hydrazine groups is 1. The van der Waals surface area contributed by atoms with Gasteiger partial charge in [-0.1, -0.05) is 0 Å². The quantitative estimate of drug-likeness (QED) is 0.361. The summed E-state index contributed by atoms with van der Waals surface area (Å²) < 4.78 is 0. The van der Waals surface area contributed by atoms with Crippen molar-refractivity contribution in [2.24, 2.45) is 5.84 Å². The average Bonchev–Trinajstić information content (AvgIpc) is 2.31. The molecule has 1 aliphatic heterocycles. The summed E-state index contributed by atoms with van der Waals surface area (Å²) in [5.74, 6) is 2.50. The fourth-order valence-corrected chi connectivity index (χ4v) is 1.39. The number of hydrogen-bond donors (Lipinski definition) is 3. The van der Waals surface area contributed by atoms with Gasteiger partial charge in [0.25, 0.3) is 0 Å². The highest BCUT2D eigenvalue weighted by atomic mass is 16.4. The second-order valence-corrected chi connectivity index (χ2v) is 2.77. The molecule has 1 fully saturated rings. The summed E-state index contributed by atoms with van der Waals surface area (Å²) in [4.78, 5) is 21.3. The predicted octanol–water partition coefficient (Wildman–Crippen LogP) is -1.14. The minimum atomic E-state index is -1.90. The molecule has 6 nitrogen and oxygen atoms in total. The Hall–Kier alpha value is -1.14. The maximum Gasteiger partial charge on any atom is 0.337 e. The smallest absolute Gasteiger partial charge is 0.337 e. The van der Waals surface area contributed by atoms with Crippen LogP contribution in [0.5, 0.6) is 0 Å². The summed E-state index contributed by atoms with van der Waals surface area (Å²) in [5, 5.41) is 18.3. The van der Waals surface area contributed by atoms with Crippen LogP contribution in [0.15, 0.2) is 0 Å². The van der Waals surface area contributed by atoms with E-state index in [0.29, 0.717) is 13.0 Å². The van der Waals surface area contributed by atoms with Gasteiger partial charge in [-0.3, -0.25) is 5.84 Å². The van der Waals surface area contributed by atoms with Crippen molar-refractivity contribution in [1.29, 1.82) is 0 Å². The van der Waals surface area contributed by atoms with E-state index in [1.165, 1.54) is 0 Å². The van der Waals surface area contributed by atoms with E-state index in [4.69, 9.17) is 16.1 Å². The number of aliphatic carboxylic acids is 2. The van der Waals surface area contributed by atoms with Crippen molar-refractivity contribution in [3.05, 3.63) is 0 Å². The first-order valence-electron chi connectivity index (χ1n) is 3.51. The van der Waals surface area contributed by atoms with Gasteiger partial charge in [-0.2, -0.15) is 0 Å². The Morgan fingerprint density at radius 3 is 2.00 bits per heavy atom. The van der Waals surface area contributed by atoms with Crippen molar-refractivity contribution >= 4 is 11.9 Å². The molecule has 0 radical (unpaired) electrons. The molecule has 1 saturated heterocycles. The average molecular weight is 174 g/mol. The van der Waals surface area contributed by atoms with Gasteiger partial charge in [-0.15, -0.1) is 0 Å². The van der Waals surface area contributed by atoms with E-state index in [9.17, 15) is 9.59 Å². The first-order valence-corrected chi connectivity index (χ1v) is 3.51. The van der Waals surface area contributed by atoms with Crippen LogP contribution < -0.4 is 5.84 Å². The Kier molecular flexibility index (Phi) is 2.03. The van der Waals surface area contributed by atoms with E-state index >= 15 is 0 Å². The molecule has 0 aliphatic carbocycles. The highest BCUT2D eigenvalue weighted by Gasteiger charge is 2.53. The molecule has 0 spiro atoms. The topological polar surface area (TPSA) is 104 Å². The first-order chi connectivity index (χ1) is 5.51. The number of nitrogens with two attached hydrogens (primary N) is 1. The van der Waals surface area contributed by atoms with Crippen molar-refractivity contribution in [3.63, 3.8) is 0 Å². The lowest BCUT2D eigenvalue weighted by Crippen LogP contribution is -2.59. The minimum absolute atomic E-state index is 0.0637. The van der Waals surface area contributed by atoms with Gasteiger partial charge in [0.2, 0.25) is 5.54 Å². The van der Waals surface area contributed by atoms with Gasteiger partial charge >= 0.3 is 11.9 Å². The van der Waals surface area contributed by atoms with E-state index in [2.05, 4.69) is 0 Å². The van der Waals surface area contributed by atoms with Crippen LogP contribution in [0.2, 0.25) is 0 Å². The summed E-state index contributed by atoms with van der Waals surface area (Å²) in [6.07, 6.45) is 0.559. The lowest BCUT2D eigenvalue weighted by molar-refractivity contribution is -0.165. The van der Waals surface area contributed by atoms with E-state index < -0.39 is 17.5 Å². The Labute approximate surface area is 68.5 Å². The molecule has 12 heavy (non-hydrogen) atoms. The lowest BCUT2D eigenvalue weighted by Gasteiger charge is -2.25. The first kappa shape index (κ1) is 8.95. The monoisotopic (exact) mass is 174 g/mol. The third-order valence-corrected chi connectivity index (χ3v) is 2.14. The summed E-state index contributed by atoms with van der Waals surface area (Å²) >= 11 is 0. The number of rotatable bonds is 2. The summed E-state index contributed by atoms with van der Waals surface area (Å²) in [6, 6.07) is 0. The maximum absolute atomic E-state index is 10.7. The maximum atomic E-state index is 10.7. The molecular weight excluding hydrogens is 164 g/mol. The molecule has 68 valence electrons. The van der Waals surface area contributed by atoms with Crippen LogP contribution in [0.4, 0.5) is 0 Å². The van der Waals surface area contributed by atoms with Crippen molar-refractivity contribution in [3.8, 4) is 0 Å². The molecule has 0 unspecified atom stereocenters. The van der Waals surface area contributed by atoms with Crippen LogP contribution in [0.3, 0.4) is 0 Å². The largest absolute Gasteiger partial charge is 0.479 e. The highest BCUT2D eigenvalue weighted by molar-refractivity contribution is 6.03. The van der Waals surface area contributed by atoms with E-state index in [1.54, 1.807) is 0 Å². The Balaban J connectivity index is 3.01. The van der Waals surface area contributed by atoms with Crippen LogP contribution in [-0.4, -0.2) is 39.2 Å². The van der Waals surface area contributed by atoms with E-state index in [1.807, 2.05) is 0 Å². The fraction of sp³-hybridized carbons (Fsp3) is 0.667. The SMILES string of the molecule is NN1CCCC1(C(=O)O)C(=O)O. The third kappa shape index (κ3) is 0.961. The van der Waals surface area contributed by atoms with Crippen molar-refractivity contribution in [1.82, 2.24) is 5.01 Å². The molecule has 0 aromatic carbocycles. The third-order valence-electron chi connectivity index (χ3n) is 2.14. The van der Waals surface area contributed by atoms with Gasteiger partial charge < -0.3 is 10.2 Å². The molecule has 0 aromatic rings. The number of carbonyl (C=O) groups is 2. The summed E-state index contributed by atoms with van der Waals surface area (Å²) in [6.45, 7) is 0.304.